The van der Waals surface area contributed by atoms with Crippen molar-refractivity contribution in [1.29, 1.82) is 0 Å². The Balaban J connectivity index is 2.12. The minimum atomic E-state index is -2.33. The summed E-state index contributed by atoms with van der Waals surface area (Å²) in [6.07, 6.45) is 3.19. The van der Waals surface area contributed by atoms with Gasteiger partial charge in [0.2, 0.25) is 0 Å². The molecule has 0 amide bonds. The van der Waals surface area contributed by atoms with Crippen LogP contribution in [0.4, 0.5) is 11.6 Å². The SMILES string of the molecule is COc1cccc(-c2nc(N=S(C)(C)=O)cc(N3CCOC[C@H]3C)n2)c1. The molecule has 26 heavy (non-hydrogen) atoms. The molecular weight excluding hydrogens is 352 g/mol. The average molecular weight is 376 g/mol. The zero-order valence-corrected chi connectivity index (χ0v) is 16.3. The summed E-state index contributed by atoms with van der Waals surface area (Å²) < 4.78 is 27.3. The Morgan fingerprint density at radius 3 is 2.81 bits per heavy atom. The van der Waals surface area contributed by atoms with Gasteiger partial charge in [0.1, 0.15) is 11.6 Å². The van der Waals surface area contributed by atoms with Crippen molar-refractivity contribution in [2.75, 3.05) is 44.3 Å². The van der Waals surface area contributed by atoms with Crippen molar-refractivity contribution < 1.29 is 13.7 Å². The summed E-state index contributed by atoms with van der Waals surface area (Å²) in [6, 6.07) is 9.54. The normalized spacial score (nSPS) is 17.8. The Hall–Kier alpha value is -2.19. The monoisotopic (exact) mass is 376 g/mol. The number of anilines is 1. The number of rotatable bonds is 4. The second-order valence-corrected chi connectivity index (χ2v) is 9.07. The number of methoxy groups -OCH3 is 1. The molecule has 1 saturated heterocycles. The van der Waals surface area contributed by atoms with E-state index in [9.17, 15) is 4.21 Å². The minimum Gasteiger partial charge on any atom is -0.497 e. The number of morpholine rings is 1. The molecule has 2 aromatic rings. The minimum absolute atomic E-state index is 0.192. The molecule has 0 spiro atoms. The summed E-state index contributed by atoms with van der Waals surface area (Å²) >= 11 is 0. The van der Waals surface area contributed by atoms with E-state index in [0.29, 0.717) is 24.9 Å². The largest absolute Gasteiger partial charge is 0.497 e. The Kier molecular flexibility index (Phi) is 5.43. The molecule has 1 aliphatic heterocycles. The number of hydrogen-bond acceptors (Lipinski definition) is 7. The Morgan fingerprint density at radius 2 is 2.12 bits per heavy atom. The molecule has 1 fully saturated rings. The van der Waals surface area contributed by atoms with Gasteiger partial charge in [-0.25, -0.2) is 14.2 Å². The van der Waals surface area contributed by atoms with Gasteiger partial charge in [-0.3, -0.25) is 0 Å². The number of ether oxygens (including phenoxy) is 2. The van der Waals surface area contributed by atoms with Gasteiger partial charge in [0.05, 0.1) is 26.4 Å². The smallest absolute Gasteiger partial charge is 0.167 e. The van der Waals surface area contributed by atoms with Crippen LogP contribution in [0.15, 0.2) is 34.7 Å². The molecule has 0 unspecified atom stereocenters. The van der Waals surface area contributed by atoms with Crippen molar-refractivity contribution in [2.45, 2.75) is 13.0 Å². The Morgan fingerprint density at radius 1 is 1.31 bits per heavy atom. The number of nitrogens with zero attached hydrogens (tertiary/aromatic N) is 4. The van der Waals surface area contributed by atoms with Crippen LogP contribution < -0.4 is 9.64 Å². The van der Waals surface area contributed by atoms with Gasteiger partial charge < -0.3 is 14.4 Å². The topological polar surface area (TPSA) is 76.9 Å². The van der Waals surface area contributed by atoms with Gasteiger partial charge in [-0.1, -0.05) is 12.1 Å². The van der Waals surface area contributed by atoms with Gasteiger partial charge in [0.15, 0.2) is 11.6 Å². The van der Waals surface area contributed by atoms with Crippen LogP contribution in [-0.2, 0) is 14.5 Å². The predicted octanol–water partition coefficient (Wildman–Crippen LogP) is 2.74. The lowest BCUT2D eigenvalue weighted by Gasteiger charge is -2.34. The van der Waals surface area contributed by atoms with E-state index in [-0.39, 0.29) is 6.04 Å². The summed E-state index contributed by atoms with van der Waals surface area (Å²) in [5.41, 5.74) is 0.822. The number of benzene rings is 1. The van der Waals surface area contributed by atoms with E-state index in [1.54, 1.807) is 25.7 Å². The summed E-state index contributed by atoms with van der Waals surface area (Å²) in [6.45, 7) is 4.12. The van der Waals surface area contributed by atoms with Crippen molar-refractivity contribution >= 4 is 21.4 Å². The Bertz CT molecular complexity index is 901. The highest BCUT2D eigenvalue weighted by molar-refractivity contribution is 7.92. The predicted molar refractivity (Wildman–Crippen MR) is 104 cm³/mol. The van der Waals surface area contributed by atoms with Crippen LogP contribution in [-0.4, -0.2) is 59.6 Å². The first-order valence-corrected chi connectivity index (χ1v) is 10.7. The first-order chi connectivity index (χ1) is 12.4. The first-order valence-electron chi connectivity index (χ1n) is 8.41. The molecule has 1 aromatic carbocycles. The van der Waals surface area contributed by atoms with E-state index in [1.807, 2.05) is 24.3 Å². The van der Waals surface area contributed by atoms with E-state index in [2.05, 4.69) is 21.2 Å². The molecule has 7 nitrogen and oxygen atoms in total. The third-order valence-electron chi connectivity index (χ3n) is 4.00. The molecule has 1 atom stereocenters. The van der Waals surface area contributed by atoms with E-state index >= 15 is 0 Å². The number of hydrogen-bond donors (Lipinski definition) is 0. The van der Waals surface area contributed by atoms with Gasteiger partial charge >= 0.3 is 0 Å². The van der Waals surface area contributed by atoms with Gasteiger partial charge in [-0.2, -0.15) is 4.36 Å². The van der Waals surface area contributed by atoms with Gasteiger partial charge in [0.25, 0.3) is 0 Å². The van der Waals surface area contributed by atoms with Crippen LogP contribution in [0, 0.1) is 0 Å². The molecular formula is C18H24N4O3S. The second-order valence-electron chi connectivity index (χ2n) is 6.53. The third kappa shape index (κ3) is 4.50. The number of aromatic nitrogens is 2. The Labute approximate surface area is 154 Å². The van der Waals surface area contributed by atoms with Crippen LogP contribution in [0.3, 0.4) is 0 Å². The third-order valence-corrected chi connectivity index (χ3v) is 4.63. The quantitative estimate of drug-likeness (QED) is 0.817. The van der Waals surface area contributed by atoms with Gasteiger partial charge in [-0.05, 0) is 19.1 Å². The fourth-order valence-corrected chi connectivity index (χ4v) is 3.34. The van der Waals surface area contributed by atoms with Gasteiger partial charge in [-0.15, -0.1) is 0 Å². The maximum absolute atomic E-state index is 12.2. The highest BCUT2D eigenvalue weighted by Crippen LogP contribution is 2.28. The van der Waals surface area contributed by atoms with Crippen LogP contribution in [0.2, 0.25) is 0 Å². The molecule has 1 aliphatic rings. The van der Waals surface area contributed by atoms with Crippen molar-refractivity contribution in [3.8, 4) is 17.1 Å². The maximum atomic E-state index is 12.2. The fraction of sp³-hybridized carbons (Fsp3) is 0.444. The van der Waals surface area contributed by atoms with Crippen molar-refractivity contribution in [1.82, 2.24) is 9.97 Å². The fourth-order valence-electron chi connectivity index (χ4n) is 2.80. The van der Waals surface area contributed by atoms with Crippen LogP contribution in [0.5, 0.6) is 5.75 Å². The van der Waals surface area contributed by atoms with Crippen LogP contribution in [0.1, 0.15) is 6.92 Å². The maximum Gasteiger partial charge on any atom is 0.167 e. The molecule has 0 saturated carbocycles. The standard InChI is InChI=1S/C18H24N4O3S/c1-13-12-25-9-8-22(13)17-11-16(21-26(3,4)23)19-18(20-17)14-6-5-7-15(10-14)24-2/h5-7,10-11,13H,8-9,12H2,1-4H3/t13-/m1/s1. The molecule has 0 N–H and O–H groups in total. The molecule has 1 aromatic heterocycles. The first kappa shape index (κ1) is 18.6. The van der Waals surface area contributed by atoms with Crippen molar-refractivity contribution in [2.24, 2.45) is 4.36 Å². The second kappa shape index (κ2) is 7.59. The van der Waals surface area contributed by atoms with E-state index in [4.69, 9.17) is 14.5 Å². The van der Waals surface area contributed by atoms with Crippen molar-refractivity contribution in [3.05, 3.63) is 30.3 Å². The lowest BCUT2D eigenvalue weighted by molar-refractivity contribution is 0.0985. The molecule has 3 rings (SSSR count). The highest BCUT2D eigenvalue weighted by atomic mass is 32.2. The summed E-state index contributed by atoms with van der Waals surface area (Å²) in [5.74, 6) is 2.43. The summed E-state index contributed by atoms with van der Waals surface area (Å²) in [5, 5.41) is 0. The highest BCUT2D eigenvalue weighted by Gasteiger charge is 2.22. The average Bonchev–Trinajstić information content (AvgIpc) is 2.60. The lowest BCUT2D eigenvalue weighted by Crippen LogP contribution is -2.44. The van der Waals surface area contributed by atoms with E-state index in [1.165, 1.54) is 0 Å². The zero-order valence-electron chi connectivity index (χ0n) is 15.5. The summed E-state index contributed by atoms with van der Waals surface area (Å²) in [7, 11) is -0.712. The molecule has 140 valence electrons. The molecule has 0 radical (unpaired) electrons. The van der Waals surface area contributed by atoms with E-state index in [0.717, 1.165) is 23.7 Å². The van der Waals surface area contributed by atoms with Crippen LogP contribution >= 0.6 is 0 Å². The molecule has 0 bridgehead atoms. The van der Waals surface area contributed by atoms with Crippen LogP contribution in [0.25, 0.3) is 11.4 Å². The van der Waals surface area contributed by atoms with Gasteiger partial charge in [0, 0.05) is 40.4 Å². The molecule has 2 heterocycles. The lowest BCUT2D eigenvalue weighted by atomic mass is 10.2. The summed E-state index contributed by atoms with van der Waals surface area (Å²) in [4.78, 5) is 11.4. The van der Waals surface area contributed by atoms with E-state index < -0.39 is 9.73 Å². The molecule has 0 aliphatic carbocycles. The van der Waals surface area contributed by atoms with Crippen molar-refractivity contribution in [3.63, 3.8) is 0 Å². The zero-order chi connectivity index (χ0) is 18.7. The molecule has 8 heteroatoms.